The number of nitrogens with one attached hydrogen (secondary N) is 1. The average molecular weight is 306 g/mol. The van der Waals surface area contributed by atoms with Crippen LogP contribution in [0.2, 0.25) is 0 Å². The number of benzene rings is 1. The van der Waals surface area contributed by atoms with Crippen LogP contribution in [0.25, 0.3) is 0 Å². The summed E-state index contributed by atoms with van der Waals surface area (Å²) < 4.78 is 5.41. The van der Waals surface area contributed by atoms with Gasteiger partial charge < -0.3 is 20.1 Å². The Morgan fingerprint density at radius 2 is 2.14 bits per heavy atom. The summed E-state index contributed by atoms with van der Waals surface area (Å²) in [5.74, 6) is 0. The number of carbonyl (C=O) groups is 1. The molecule has 1 aliphatic rings. The minimum Gasteiger partial charge on any atom is -0.444 e. The molecule has 2 N–H and O–H groups in total. The molecular formula is C17H26N2O3. The lowest BCUT2D eigenvalue weighted by molar-refractivity contribution is 0.0209. The predicted molar refractivity (Wildman–Crippen MR) is 87.1 cm³/mol. The SMILES string of the molecule is CC(C)(C)OC(=O)N(CCO)CC1CCc2ccccc2N1. The number of carbonyl (C=O) groups excluding carboxylic acids is 1. The van der Waals surface area contributed by atoms with Crippen LogP contribution in [0, 0.1) is 0 Å². The molecular weight excluding hydrogens is 280 g/mol. The Labute approximate surface area is 132 Å². The van der Waals surface area contributed by atoms with Crippen molar-refractivity contribution in [1.29, 1.82) is 0 Å². The van der Waals surface area contributed by atoms with Gasteiger partial charge in [-0.2, -0.15) is 0 Å². The summed E-state index contributed by atoms with van der Waals surface area (Å²) in [4.78, 5) is 13.8. The maximum absolute atomic E-state index is 12.2. The zero-order chi connectivity index (χ0) is 16.2. The van der Waals surface area contributed by atoms with Crippen LogP contribution >= 0.6 is 0 Å². The molecule has 5 nitrogen and oxygen atoms in total. The van der Waals surface area contributed by atoms with Gasteiger partial charge in [0.25, 0.3) is 0 Å². The van der Waals surface area contributed by atoms with Crippen molar-refractivity contribution in [3.63, 3.8) is 0 Å². The van der Waals surface area contributed by atoms with Gasteiger partial charge >= 0.3 is 6.09 Å². The van der Waals surface area contributed by atoms with Crippen molar-refractivity contribution in [1.82, 2.24) is 4.90 Å². The topological polar surface area (TPSA) is 61.8 Å². The molecule has 1 aromatic rings. The Kier molecular flexibility index (Phi) is 5.29. The van der Waals surface area contributed by atoms with Crippen LogP contribution in [0.5, 0.6) is 0 Å². The molecule has 122 valence electrons. The molecule has 0 bridgehead atoms. The molecule has 0 aromatic heterocycles. The van der Waals surface area contributed by atoms with Gasteiger partial charge in [0.1, 0.15) is 5.60 Å². The highest BCUT2D eigenvalue weighted by Crippen LogP contribution is 2.24. The first-order valence-electron chi connectivity index (χ1n) is 7.82. The Balaban J connectivity index is 1.98. The zero-order valence-corrected chi connectivity index (χ0v) is 13.6. The highest BCUT2D eigenvalue weighted by atomic mass is 16.6. The number of anilines is 1. The predicted octanol–water partition coefficient (Wildman–Crippen LogP) is 2.64. The van der Waals surface area contributed by atoms with Crippen molar-refractivity contribution < 1.29 is 14.6 Å². The van der Waals surface area contributed by atoms with Gasteiger partial charge in [0.05, 0.1) is 6.61 Å². The second-order valence-electron chi connectivity index (χ2n) is 6.69. The van der Waals surface area contributed by atoms with Gasteiger partial charge in [0, 0.05) is 24.8 Å². The van der Waals surface area contributed by atoms with Crippen LogP contribution in [-0.4, -0.2) is 47.4 Å². The van der Waals surface area contributed by atoms with Crippen molar-refractivity contribution in [2.24, 2.45) is 0 Å². The fraction of sp³-hybridized carbons (Fsp3) is 0.588. The highest BCUT2D eigenvalue weighted by Gasteiger charge is 2.26. The van der Waals surface area contributed by atoms with Crippen LogP contribution < -0.4 is 5.32 Å². The fourth-order valence-electron chi connectivity index (χ4n) is 2.61. The molecule has 0 aliphatic carbocycles. The first kappa shape index (κ1) is 16.6. The number of hydrogen-bond acceptors (Lipinski definition) is 4. The third-order valence-electron chi connectivity index (χ3n) is 3.60. The maximum atomic E-state index is 12.2. The summed E-state index contributed by atoms with van der Waals surface area (Å²) in [6, 6.07) is 8.41. The highest BCUT2D eigenvalue weighted by molar-refractivity contribution is 5.68. The molecule has 1 amide bonds. The fourth-order valence-corrected chi connectivity index (χ4v) is 2.61. The van der Waals surface area contributed by atoms with E-state index < -0.39 is 5.60 Å². The van der Waals surface area contributed by atoms with E-state index in [1.807, 2.05) is 32.9 Å². The van der Waals surface area contributed by atoms with E-state index in [0.717, 1.165) is 18.5 Å². The summed E-state index contributed by atoms with van der Waals surface area (Å²) in [5.41, 5.74) is 1.91. The summed E-state index contributed by atoms with van der Waals surface area (Å²) >= 11 is 0. The first-order chi connectivity index (χ1) is 10.4. The normalized spacial score (nSPS) is 17.4. The molecule has 0 fully saturated rings. The van der Waals surface area contributed by atoms with E-state index >= 15 is 0 Å². The molecule has 0 radical (unpaired) electrons. The Morgan fingerprint density at radius 3 is 2.82 bits per heavy atom. The van der Waals surface area contributed by atoms with Gasteiger partial charge in [-0.15, -0.1) is 0 Å². The van der Waals surface area contributed by atoms with Gasteiger partial charge in [-0.25, -0.2) is 4.79 Å². The zero-order valence-electron chi connectivity index (χ0n) is 13.6. The van der Waals surface area contributed by atoms with Gasteiger partial charge in [-0.1, -0.05) is 18.2 Å². The van der Waals surface area contributed by atoms with E-state index in [-0.39, 0.29) is 25.3 Å². The molecule has 5 heteroatoms. The lowest BCUT2D eigenvalue weighted by Gasteiger charge is -2.33. The molecule has 1 aromatic carbocycles. The van der Waals surface area contributed by atoms with E-state index in [2.05, 4.69) is 17.4 Å². The number of rotatable bonds is 4. The number of para-hydroxylation sites is 1. The van der Waals surface area contributed by atoms with Crippen molar-refractivity contribution in [3.05, 3.63) is 29.8 Å². The van der Waals surface area contributed by atoms with Crippen LogP contribution in [0.15, 0.2) is 24.3 Å². The molecule has 1 aliphatic heterocycles. The molecule has 1 heterocycles. The van der Waals surface area contributed by atoms with Crippen molar-refractivity contribution in [2.75, 3.05) is 25.0 Å². The number of hydrogen-bond donors (Lipinski definition) is 2. The number of amides is 1. The van der Waals surface area contributed by atoms with Crippen LogP contribution in [0.4, 0.5) is 10.5 Å². The van der Waals surface area contributed by atoms with Crippen molar-refractivity contribution in [3.8, 4) is 0 Å². The Hall–Kier alpha value is -1.75. The van der Waals surface area contributed by atoms with E-state index in [0.29, 0.717) is 6.54 Å². The molecule has 1 atom stereocenters. The number of aryl methyl sites for hydroxylation is 1. The number of nitrogens with zero attached hydrogens (tertiary/aromatic N) is 1. The second kappa shape index (κ2) is 7.01. The summed E-state index contributed by atoms with van der Waals surface area (Å²) in [6.45, 7) is 6.28. The van der Waals surface area contributed by atoms with Crippen molar-refractivity contribution in [2.45, 2.75) is 45.3 Å². The van der Waals surface area contributed by atoms with Gasteiger partial charge in [-0.05, 0) is 45.2 Å². The summed E-state index contributed by atoms with van der Waals surface area (Å²) in [5, 5.41) is 12.7. The molecule has 22 heavy (non-hydrogen) atoms. The Morgan fingerprint density at radius 1 is 1.41 bits per heavy atom. The lowest BCUT2D eigenvalue weighted by atomic mass is 9.98. The Bertz CT molecular complexity index is 511. The third-order valence-corrected chi connectivity index (χ3v) is 3.60. The average Bonchev–Trinajstić information content (AvgIpc) is 2.45. The lowest BCUT2D eigenvalue weighted by Crippen LogP contribution is -2.45. The van der Waals surface area contributed by atoms with Gasteiger partial charge in [0.2, 0.25) is 0 Å². The van der Waals surface area contributed by atoms with Crippen molar-refractivity contribution >= 4 is 11.8 Å². The van der Waals surface area contributed by atoms with E-state index in [1.165, 1.54) is 5.56 Å². The largest absolute Gasteiger partial charge is 0.444 e. The quantitative estimate of drug-likeness (QED) is 0.898. The summed E-state index contributed by atoms with van der Waals surface area (Å²) in [7, 11) is 0. The van der Waals surface area contributed by atoms with E-state index in [4.69, 9.17) is 4.74 Å². The van der Waals surface area contributed by atoms with Gasteiger partial charge in [-0.3, -0.25) is 0 Å². The van der Waals surface area contributed by atoms with E-state index in [1.54, 1.807) is 4.90 Å². The third kappa shape index (κ3) is 4.63. The number of fused-ring (bicyclic) bond motifs is 1. The first-order valence-corrected chi connectivity index (χ1v) is 7.82. The van der Waals surface area contributed by atoms with Crippen LogP contribution in [0.3, 0.4) is 0 Å². The van der Waals surface area contributed by atoms with E-state index in [9.17, 15) is 9.90 Å². The molecule has 0 spiro atoms. The number of aliphatic hydroxyl groups is 1. The summed E-state index contributed by atoms with van der Waals surface area (Å²) in [6.07, 6.45) is 1.58. The standard InChI is InChI=1S/C17H26N2O3/c1-17(2,3)22-16(21)19(10-11-20)12-14-9-8-13-6-4-5-7-15(13)18-14/h4-7,14,18,20H,8-12H2,1-3H3. The van der Waals surface area contributed by atoms with Crippen LogP contribution in [-0.2, 0) is 11.2 Å². The smallest absolute Gasteiger partial charge is 0.410 e. The molecule has 1 unspecified atom stereocenters. The number of aliphatic hydroxyl groups excluding tert-OH is 1. The van der Waals surface area contributed by atoms with Gasteiger partial charge in [0.15, 0.2) is 0 Å². The van der Waals surface area contributed by atoms with Crippen LogP contribution in [0.1, 0.15) is 32.8 Å². The maximum Gasteiger partial charge on any atom is 0.410 e. The molecule has 2 rings (SSSR count). The molecule has 0 saturated heterocycles. The second-order valence-corrected chi connectivity index (χ2v) is 6.69. The minimum atomic E-state index is -0.530. The minimum absolute atomic E-state index is 0.0669. The monoisotopic (exact) mass is 306 g/mol. The molecule has 0 saturated carbocycles. The number of ether oxygens (including phenoxy) is 1.